The molecule has 0 radical (unpaired) electrons. The van der Waals surface area contributed by atoms with E-state index in [9.17, 15) is 9.59 Å². The number of Topliss-reactive ketones (excluding diaryl/α,β-unsaturated/α-hetero) is 1. The van der Waals surface area contributed by atoms with E-state index in [1.54, 1.807) is 62.4 Å². The molecule has 0 fully saturated rings. The van der Waals surface area contributed by atoms with Gasteiger partial charge in [-0.05, 0) is 90.4 Å². The van der Waals surface area contributed by atoms with E-state index < -0.39 is 5.60 Å². The summed E-state index contributed by atoms with van der Waals surface area (Å²) in [7, 11) is 0. The monoisotopic (exact) mass is 569 g/mol. The van der Waals surface area contributed by atoms with E-state index in [4.69, 9.17) is 25.8 Å². The van der Waals surface area contributed by atoms with Gasteiger partial charge in [0.15, 0.2) is 29.2 Å². The highest BCUT2D eigenvalue weighted by molar-refractivity contribution is 9.10. The standard InChI is InChI=1S/C28H25BrClNO5/c1-28(2,36-21-13-9-19(10-14-21)27(33)18-7-11-20(30)12-8-18)25(32)15-26-31-16-22(35-26)17-34-24-6-4-3-5-23(24)29/h3-14,22H,15-17H2,1-2H3. The lowest BCUT2D eigenvalue weighted by molar-refractivity contribution is -0.130. The normalized spacial score (nSPS) is 15.1. The summed E-state index contributed by atoms with van der Waals surface area (Å²) in [6.07, 6.45) is -0.235. The predicted molar refractivity (Wildman–Crippen MR) is 142 cm³/mol. The molecular weight excluding hydrogens is 546 g/mol. The van der Waals surface area contributed by atoms with Crippen LogP contribution in [-0.4, -0.2) is 42.3 Å². The van der Waals surface area contributed by atoms with E-state index in [0.717, 1.165) is 10.2 Å². The number of halogens is 2. The lowest BCUT2D eigenvalue weighted by Gasteiger charge is -2.25. The second kappa shape index (κ2) is 11.3. The highest BCUT2D eigenvalue weighted by atomic mass is 79.9. The van der Waals surface area contributed by atoms with Crippen LogP contribution >= 0.6 is 27.5 Å². The Morgan fingerprint density at radius 2 is 1.67 bits per heavy atom. The maximum atomic E-state index is 13.0. The number of carbonyl (C=O) groups is 2. The highest BCUT2D eigenvalue weighted by Gasteiger charge is 2.33. The zero-order valence-corrected chi connectivity index (χ0v) is 22.2. The van der Waals surface area contributed by atoms with Crippen molar-refractivity contribution in [1.82, 2.24) is 0 Å². The van der Waals surface area contributed by atoms with Crippen LogP contribution in [-0.2, 0) is 9.53 Å². The molecule has 0 aliphatic carbocycles. The van der Waals surface area contributed by atoms with E-state index in [1.807, 2.05) is 24.3 Å². The molecule has 1 aliphatic rings. The third-order valence-corrected chi connectivity index (χ3v) is 6.52. The van der Waals surface area contributed by atoms with Gasteiger partial charge in [0, 0.05) is 16.1 Å². The molecule has 0 saturated carbocycles. The van der Waals surface area contributed by atoms with Crippen LogP contribution in [0.4, 0.5) is 0 Å². The van der Waals surface area contributed by atoms with E-state index >= 15 is 0 Å². The van der Waals surface area contributed by atoms with Gasteiger partial charge in [-0.15, -0.1) is 0 Å². The van der Waals surface area contributed by atoms with Crippen LogP contribution in [0.15, 0.2) is 82.3 Å². The average Bonchev–Trinajstić information content (AvgIpc) is 3.31. The average molecular weight is 571 g/mol. The highest BCUT2D eigenvalue weighted by Crippen LogP contribution is 2.25. The summed E-state index contributed by atoms with van der Waals surface area (Å²) in [5.74, 6) is 1.29. The van der Waals surface area contributed by atoms with Crippen LogP contribution in [0.3, 0.4) is 0 Å². The molecule has 0 N–H and O–H groups in total. The fourth-order valence-electron chi connectivity index (χ4n) is 3.54. The minimum atomic E-state index is -1.11. The van der Waals surface area contributed by atoms with Crippen LogP contribution in [0.5, 0.6) is 11.5 Å². The molecule has 0 saturated heterocycles. The molecule has 36 heavy (non-hydrogen) atoms. The van der Waals surface area contributed by atoms with E-state index in [0.29, 0.717) is 40.9 Å². The maximum absolute atomic E-state index is 13.0. The van der Waals surface area contributed by atoms with Crippen LogP contribution in [0.1, 0.15) is 36.2 Å². The molecular formula is C28H25BrClNO5. The van der Waals surface area contributed by atoms with Gasteiger partial charge in [0.2, 0.25) is 0 Å². The summed E-state index contributed by atoms with van der Waals surface area (Å²) < 4.78 is 18.4. The predicted octanol–water partition coefficient (Wildman–Crippen LogP) is 6.33. The van der Waals surface area contributed by atoms with Crippen LogP contribution in [0, 0.1) is 0 Å². The first-order valence-electron chi connectivity index (χ1n) is 11.4. The number of hydrogen-bond donors (Lipinski definition) is 0. The lowest BCUT2D eigenvalue weighted by atomic mass is 10.00. The van der Waals surface area contributed by atoms with E-state index in [1.165, 1.54) is 0 Å². The zero-order valence-electron chi connectivity index (χ0n) is 19.9. The summed E-state index contributed by atoms with van der Waals surface area (Å²) in [6.45, 7) is 4.15. The molecule has 3 aromatic rings. The van der Waals surface area contributed by atoms with Crippen molar-refractivity contribution in [1.29, 1.82) is 0 Å². The molecule has 186 valence electrons. The summed E-state index contributed by atoms with van der Waals surface area (Å²) in [5.41, 5.74) is -0.0591. The maximum Gasteiger partial charge on any atom is 0.193 e. The van der Waals surface area contributed by atoms with Gasteiger partial charge in [-0.2, -0.15) is 0 Å². The minimum Gasteiger partial charge on any atom is -0.488 e. The smallest absolute Gasteiger partial charge is 0.193 e. The molecule has 8 heteroatoms. The third kappa shape index (κ3) is 6.53. The van der Waals surface area contributed by atoms with Crippen molar-refractivity contribution in [2.24, 2.45) is 4.99 Å². The third-order valence-electron chi connectivity index (χ3n) is 5.61. The van der Waals surface area contributed by atoms with Crippen molar-refractivity contribution in [3.8, 4) is 11.5 Å². The summed E-state index contributed by atoms with van der Waals surface area (Å²) >= 11 is 9.34. The van der Waals surface area contributed by atoms with Gasteiger partial charge in [0.25, 0.3) is 0 Å². The van der Waals surface area contributed by atoms with E-state index in [-0.39, 0.29) is 24.1 Å². The topological polar surface area (TPSA) is 74.2 Å². The quantitative estimate of drug-likeness (QED) is 0.267. The Bertz CT molecular complexity index is 1270. The van der Waals surface area contributed by atoms with Gasteiger partial charge in [-0.3, -0.25) is 14.6 Å². The van der Waals surface area contributed by atoms with Gasteiger partial charge in [-0.1, -0.05) is 23.7 Å². The molecule has 6 nitrogen and oxygen atoms in total. The SMILES string of the molecule is CC(C)(Oc1ccc(C(=O)c2ccc(Cl)cc2)cc1)C(=O)CC1=NCC(COc2ccccc2Br)O1. The van der Waals surface area contributed by atoms with Crippen molar-refractivity contribution >= 4 is 45.0 Å². The summed E-state index contributed by atoms with van der Waals surface area (Å²) in [5, 5.41) is 0.570. The van der Waals surface area contributed by atoms with Crippen molar-refractivity contribution in [2.75, 3.05) is 13.2 Å². The lowest BCUT2D eigenvalue weighted by Crippen LogP contribution is -2.39. The van der Waals surface area contributed by atoms with E-state index in [2.05, 4.69) is 20.9 Å². The van der Waals surface area contributed by atoms with Crippen LogP contribution in [0.25, 0.3) is 0 Å². The Kier molecular flexibility index (Phi) is 8.11. The summed E-state index contributed by atoms with van der Waals surface area (Å²) in [6, 6.07) is 21.0. The number of aliphatic imine (C=N–C) groups is 1. The Morgan fingerprint density at radius 3 is 2.33 bits per heavy atom. The number of ketones is 2. The molecule has 1 unspecified atom stereocenters. The molecule has 4 rings (SSSR count). The first-order chi connectivity index (χ1) is 17.2. The van der Waals surface area contributed by atoms with Crippen LogP contribution in [0.2, 0.25) is 5.02 Å². The molecule has 0 amide bonds. The summed E-state index contributed by atoms with van der Waals surface area (Å²) in [4.78, 5) is 30.0. The number of benzene rings is 3. The van der Waals surface area contributed by atoms with Gasteiger partial charge < -0.3 is 14.2 Å². The van der Waals surface area contributed by atoms with Crippen molar-refractivity contribution in [3.05, 3.63) is 93.4 Å². The number of hydrogen-bond acceptors (Lipinski definition) is 6. The Labute approximate surface area is 223 Å². The second-order valence-electron chi connectivity index (χ2n) is 8.79. The van der Waals surface area contributed by atoms with Gasteiger partial charge in [0.1, 0.15) is 18.1 Å². The number of rotatable bonds is 10. The molecule has 1 atom stereocenters. The van der Waals surface area contributed by atoms with Gasteiger partial charge in [-0.25, -0.2) is 0 Å². The first kappa shape index (κ1) is 25.9. The van der Waals surface area contributed by atoms with Crippen molar-refractivity contribution < 1.29 is 23.8 Å². The molecule has 1 heterocycles. The molecule has 0 aromatic heterocycles. The van der Waals surface area contributed by atoms with Gasteiger partial charge in [0.05, 0.1) is 17.4 Å². The Balaban J connectivity index is 1.29. The number of ether oxygens (including phenoxy) is 3. The Hall–Kier alpha value is -3.16. The minimum absolute atomic E-state index is 0.0195. The number of nitrogens with zero attached hydrogens (tertiary/aromatic N) is 1. The number of para-hydroxylation sites is 1. The molecule has 3 aromatic carbocycles. The first-order valence-corrected chi connectivity index (χ1v) is 12.6. The molecule has 0 spiro atoms. The van der Waals surface area contributed by atoms with Crippen molar-refractivity contribution in [3.63, 3.8) is 0 Å². The fourth-order valence-corrected chi connectivity index (χ4v) is 4.07. The second-order valence-corrected chi connectivity index (χ2v) is 10.1. The Morgan fingerprint density at radius 1 is 1.03 bits per heavy atom. The largest absolute Gasteiger partial charge is 0.488 e. The molecule has 1 aliphatic heterocycles. The van der Waals surface area contributed by atoms with Crippen LogP contribution < -0.4 is 9.47 Å². The zero-order chi connectivity index (χ0) is 25.7. The van der Waals surface area contributed by atoms with Gasteiger partial charge >= 0.3 is 0 Å². The fraction of sp³-hybridized carbons (Fsp3) is 0.250. The number of carbonyl (C=O) groups excluding carboxylic acids is 2. The molecule has 0 bridgehead atoms. The van der Waals surface area contributed by atoms with Crippen molar-refractivity contribution in [2.45, 2.75) is 32.0 Å².